The van der Waals surface area contributed by atoms with Crippen molar-refractivity contribution in [1.29, 1.82) is 0 Å². The van der Waals surface area contributed by atoms with E-state index >= 15 is 0 Å². The Labute approximate surface area is 111 Å². The highest BCUT2D eigenvalue weighted by molar-refractivity contribution is 5.96. The summed E-state index contributed by atoms with van der Waals surface area (Å²) in [7, 11) is 1.55. The van der Waals surface area contributed by atoms with Crippen molar-refractivity contribution in [2.75, 3.05) is 25.0 Å². The minimum Gasteiger partial charge on any atom is -0.508 e. The first-order valence-electron chi connectivity index (χ1n) is 5.60. The fourth-order valence-corrected chi connectivity index (χ4v) is 1.52. The van der Waals surface area contributed by atoms with Crippen molar-refractivity contribution in [1.82, 2.24) is 4.90 Å². The minimum atomic E-state index is -1.12. The summed E-state index contributed by atoms with van der Waals surface area (Å²) >= 11 is 0. The highest BCUT2D eigenvalue weighted by Crippen LogP contribution is 2.19. The third-order valence-electron chi connectivity index (χ3n) is 2.42. The predicted octanol–water partition coefficient (Wildman–Crippen LogP) is 1.52. The Morgan fingerprint density at radius 1 is 1.32 bits per heavy atom. The van der Waals surface area contributed by atoms with Crippen molar-refractivity contribution in [2.45, 2.75) is 0 Å². The van der Waals surface area contributed by atoms with E-state index in [0.717, 1.165) is 4.90 Å². The first-order valence-corrected chi connectivity index (χ1v) is 5.60. The maximum Gasteiger partial charge on any atom is 0.325 e. The lowest BCUT2D eigenvalue weighted by Gasteiger charge is -2.26. The van der Waals surface area contributed by atoms with Gasteiger partial charge < -0.3 is 15.1 Å². The molecule has 2 N–H and O–H groups in total. The molecule has 0 saturated heterocycles. The molecule has 0 aromatic heterocycles. The number of carboxylic acids is 1. The van der Waals surface area contributed by atoms with E-state index in [1.165, 1.54) is 29.2 Å². The summed E-state index contributed by atoms with van der Waals surface area (Å²) in [6.45, 7) is 3.39. The molecule has 0 atom stereocenters. The molecule has 0 unspecified atom stereocenters. The average molecular weight is 264 g/mol. The van der Waals surface area contributed by atoms with Crippen LogP contribution in [0.3, 0.4) is 0 Å². The maximum atomic E-state index is 12.1. The standard InChI is InChI=1S/C13H16N2O4/c1-3-8-14(2)13(19)15(9-12(17)18)10-4-6-11(16)7-5-10/h3-7,16H,1,8-9H2,2H3,(H,17,18). The zero-order valence-electron chi connectivity index (χ0n) is 10.6. The lowest BCUT2D eigenvalue weighted by atomic mass is 10.2. The Bertz CT molecular complexity index is 470. The van der Waals surface area contributed by atoms with E-state index in [4.69, 9.17) is 5.11 Å². The number of urea groups is 1. The highest BCUT2D eigenvalue weighted by Gasteiger charge is 2.21. The number of phenolic OH excluding ortho intramolecular Hbond substituents is 1. The van der Waals surface area contributed by atoms with Gasteiger partial charge in [0.1, 0.15) is 12.3 Å². The first-order chi connectivity index (χ1) is 8.95. The Hall–Kier alpha value is -2.50. The SMILES string of the molecule is C=CCN(C)C(=O)N(CC(=O)O)c1ccc(O)cc1. The molecule has 2 amide bonds. The first kappa shape index (κ1) is 14.6. The van der Waals surface area contributed by atoms with Crippen LogP contribution in [-0.2, 0) is 4.79 Å². The quantitative estimate of drug-likeness (QED) is 0.790. The summed E-state index contributed by atoms with van der Waals surface area (Å²) < 4.78 is 0. The number of phenols is 1. The van der Waals surface area contributed by atoms with Crippen LogP contribution < -0.4 is 4.90 Å². The van der Waals surface area contributed by atoms with Crippen molar-refractivity contribution in [3.8, 4) is 5.75 Å². The summed E-state index contributed by atoms with van der Waals surface area (Å²) in [6.07, 6.45) is 1.55. The number of likely N-dealkylation sites (N-methyl/N-ethyl adjacent to an activating group) is 1. The van der Waals surface area contributed by atoms with Crippen LogP contribution in [0.1, 0.15) is 0 Å². The van der Waals surface area contributed by atoms with Gasteiger partial charge in [0.2, 0.25) is 0 Å². The Morgan fingerprint density at radius 3 is 2.37 bits per heavy atom. The van der Waals surface area contributed by atoms with E-state index in [1.54, 1.807) is 13.1 Å². The normalized spacial score (nSPS) is 9.74. The van der Waals surface area contributed by atoms with E-state index in [2.05, 4.69) is 6.58 Å². The van der Waals surface area contributed by atoms with Crippen LogP contribution >= 0.6 is 0 Å². The van der Waals surface area contributed by atoms with Crippen LogP contribution in [0, 0.1) is 0 Å². The van der Waals surface area contributed by atoms with Crippen molar-refractivity contribution >= 4 is 17.7 Å². The number of benzene rings is 1. The number of aromatic hydroxyl groups is 1. The zero-order chi connectivity index (χ0) is 14.4. The molecule has 6 heteroatoms. The zero-order valence-corrected chi connectivity index (χ0v) is 10.6. The number of carboxylic acid groups (broad SMARTS) is 1. The van der Waals surface area contributed by atoms with Crippen LogP contribution in [0.4, 0.5) is 10.5 Å². The fourth-order valence-electron chi connectivity index (χ4n) is 1.52. The van der Waals surface area contributed by atoms with Gasteiger partial charge in [0.05, 0.1) is 0 Å². The smallest absolute Gasteiger partial charge is 0.325 e. The molecule has 0 aliphatic heterocycles. The Morgan fingerprint density at radius 2 is 1.89 bits per heavy atom. The lowest BCUT2D eigenvalue weighted by molar-refractivity contribution is -0.135. The van der Waals surface area contributed by atoms with Crippen molar-refractivity contribution in [2.24, 2.45) is 0 Å². The molecule has 19 heavy (non-hydrogen) atoms. The van der Waals surface area contributed by atoms with Gasteiger partial charge in [0, 0.05) is 19.3 Å². The van der Waals surface area contributed by atoms with E-state index in [0.29, 0.717) is 12.2 Å². The fraction of sp³-hybridized carbons (Fsp3) is 0.231. The number of rotatable bonds is 5. The number of hydrogen-bond acceptors (Lipinski definition) is 3. The van der Waals surface area contributed by atoms with Gasteiger partial charge >= 0.3 is 12.0 Å². The molecule has 0 saturated carbocycles. The van der Waals surface area contributed by atoms with Gasteiger partial charge in [-0.1, -0.05) is 6.08 Å². The number of aliphatic carboxylic acids is 1. The molecule has 0 aliphatic carbocycles. The molecule has 0 radical (unpaired) electrons. The second-order valence-electron chi connectivity index (χ2n) is 3.95. The van der Waals surface area contributed by atoms with Crippen LogP contribution in [0.5, 0.6) is 5.75 Å². The number of hydrogen-bond donors (Lipinski definition) is 2. The highest BCUT2D eigenvalue weighted by atomic mass is 16.4. The van der Waals surface area contributed by atoms with Gasteiger partial charge in [-0.25, -0.2) is 4.79 Å². The summed E-state index contributed by atoms with van der Waals surface area (Å²) in [6, 6.07) is 5.30. The third-order valence-corrected chi connectivity index (χ3v) is 2.42. The third kappa shape index (κ3) is 4.02. The maximum absolute atomic E-state index is 12.1. The van der Waals surface area contributed by atoms with Crippen LogP contribution in [0.2, 0.25) is 0 Å². The van der Waals surface area contributed by atoms with Crippen molar-refractivity contribution < 1.29 is 19.8 Å². The van der Waals surface area contributed by atoms with E-state index in [1.807, 2.05) is 0 Å². The monoisotopic (exact) mass is 264 g/mol. The van der Waals surface area contributed by atoms with E-state index < -0.39 is 18.5 Å². The van der Waals surface area contributed by atoms with Gasteiger partial charge in [-0.2, -0.15) is 0 Å². The topological polar surface area (TPSA) is 81.1 Å². The van der Waals surface area contributed by atoms with E-state index in [-0.39, 0.29) is 5.75 Å². The molecule has 0 aliphatic rings. The Kier molecular flexibility index (Phi) is 4.93. The second-order valence-corrected chi connectivity index (χ2v) is 3.95. The van der Waals surface area contributed by atoms with Crippen molar-refractivity contribution in [3.05, 3.63) is 36.9 Å². The molecule has 0 heterocycles. The van der Waals surface area contributed by atoms with Crippen molar-refractivity contribution in [3.63, 3.8) is 0 Å². The molecule has 0 bridgehead atoms. The number of amides is 2. The molecule has 6 nitrogen and oxygen atoms in total. The van der Waals surface area contributed by atoms with Gasteiger partial charge in [0.25, 0.3) is 0 Å². The summed E-state index contributed by atoms with van der Waals surface area (Å²) in [4.78, 5) is 25.5. The number of nitrogens with zero attached hydrogens (tertiary/aromatic N) is 2. The van der Waals surface area contributed by atoms with Gasteiger partial charge in [0.15, 0.2) is 0 Å². The molecule has 1 aromatic carbocycles. The predicted molar refractivity (Wildman–Crippen MR) is 71.3 cm³/mol. The van der Waals surface area contributed by atoms with Gasteiger partial charge in [-0.15, -0.1) is 6.58 Å². The van der Waals surface area contributed by atoms with Gasteiger partial charge in [-0.05, 0) is 24.3 Å². The molecular formula is C13H16N2O4. The average Bonchev–Trinajstić information content (AvgIpc) is 2.36. The minimum absolute atomic E-state index is 0.0471. The van der Waals surface area contributed by atoms with Crippen LogP contribution in [0.25, 0.3) is 0 Å². The molecule has 102 valence electrons. The number of anilines is 1. The Balaban J connectivity index is 3.00. The second kappa shape index (κ2) is 6.44. The molecular weight excluding hydrogens is 248 g/mol. The number of carbonyl (C=O) groups is 2. The largest absolute Gasteiger partial charge is 0.508 e. The van der Waals surface area contributed by atoms with Crippen LogP contribution in [-0.4, -0.2) is 47.3 Å². The summed E-state index contributed by atoms with van der Waals surface area (Å²) in [5.74, 6) is -1.07. The van der Waals surface area contributed by atoms with Crippen LogP contribution in [0.15, 0.2) is 36.9 Å². The number of carbonyl (C=O) groups excluding carboxylic acids is 1. The molecule has 0 spiro atoms. The lowest BCUT2D eigenvalue weighted by Crippen LogP contribution is -2.44. The molecule has 1 rings (SSSR count). The van der Waals surface area contributed by atoms with Gasteiger partial charge in [-0.3, -0.25) is 9.69 Å². The molecule has 1 aromatic rings. The summed E-state index contributed by atoms with van der Waals surface area (Å²) in [5, 5.41) is 18.1. The van der Waals surface area contributed by atoms with E-state index in [9.17, 15) is 14.7 Å². The molecule has 0 fully saturated rings. The summed E-state index contributed by atoms with van der Waals surface area (Å²) in [5.41, 5.74) is 0.404.